The van der Waals surface area contributed by atoms with Gasteiger partial charge in [-0.15, -0.1) is 0 Å². The highest BCUT2D eigenvalue weighted by atomic mass is 19.4. The van der Waals surface area contributed by atoms with E-state index in [0.717, 1.165) is 0 Å². The number of halogens is 22. The number of hydrogen-bond donors (Lipinski definition) is 0. The zero-order valence-electron chi connectivity index (χ0n) is 14.6. The molecule has 210 valence electrons. The summed E-state index contributed by atoms with van der Waals surface area (Å²) in [7, 11) is 0. The zero-order valence-corrected chi connectivity index (χ0v) is 14.6. The molecule has 0 bridgehead atoms. The lowest BCUT2D eigenvalue weighted by Gasteiger charge is -2.45. The molecule has 0 unspecified atom stereocenters. The molecule has 0 saturated carbocycles. The van der Waals surface area contributed by atoms with E-state index in [1.165, 1.54) is 4.74 Å². The van der Waals surface area contributed by atoms with E-state index in [1.54, 1.807) is 0 Å². The molecule has 0 aliphatic carbocycles. The molecule has 0 amide bonds. The maximum Gasteiger partial charge on any atom is 0.460 e. The maximum absolute atomic E-state index is 13.6. The van der Waals surface area contributed by atoms with Crippen molar-refractivity contribution in [3.63, 3.8) is 0 Å². The Labute approximate surface area is 173 Å². The first-order chi connectivity index (χ1) is 14.6. The number of hydrogen-bond acceptors (Lipinski definition) is 2. The van der Waals surface area contributed by atoms with Gasteiger partial charge >= 0.3 is 65.9 Å². The van der Waals surface area contributed by atoms with Gasteiger partial charge in [-0.3, -0.25) is 0 Å². The molecule has 35 heavy (non-hydrogen) atoms. The van der Waals surface area contributed by atoms with E-state index in [9.17, 15) is 101 Å². The van der Waals surface area contributed by atoms with Crippen molar-refractivity contribution in [1.29, 1.82) is 0 Å². The Kier molecular flexibility index (Phi) is 7.49. The van der Waals surface area contributed by atoms with Crippen LogP contribution in [0.3, 0.4) is 0 Å². The molecule has 0 aromatic rings. The summed E-state index contributed by atoms with van der Waals surface area (Å²) in [5.74, 6) is -32.1. The highest BCUT2D eigenvalue weighted by molar-refractivity contribution is 5.80. The molecular formula is C11F22O2. The molecule has 0 heterocycles. The number of esters is 1. The molecule has 0 aliphatic rings. The van der Waals surface area contributed by atoms with Crippen molar-refractivity contribution in [2.75, 3.05) is 0 Å². The lowest BCUT2D eigenvalue weighted by Crippen LogP contribution is -2.78. The van der Waals surface area contributed by atoms with Crippen LogP contribution in [0, 0.1) is 0 Å². The van der Waals surface area contributed by atoms with Crippen molar-refractivity contribution in [1.82, 2.24) is 0 Å². The van der Waals surface area contributed by atoms with E-state index in [1.807, 2.05) is 0 Å². The summed E-state index contributed by atoms with van der Waals surface area (Å²) < 4.78 is 281. The monoisotopic (exact) mass is 582 g/mol. The summed E-state index contributed by atoms with van der Waals surface area (Å²) in [6, 6.07) is 0. The Morgan fingerprint density at radius 1 is 0.400 bits per heavy atom. The van der Waals surface area contributed by atoms with Crippen LogP contribution >= 0.6 is 0 Å². The number of rotatable bonds is 5. The molecule has 24 heteroatoms. The van der Waals surface area contributed by atoms with Crippen LogP contribution in [0.25, 0.3) is 0 Å². The van der Waals surface area contributed by atoms with Crippen LogP contribution < -0.4 is 0 Å². The second-order valence-electron chi connectivity index (χ2n) is 5.94. The lowest BCUT2D eigenvalue weighted by atomic mass is 9.87. The predicted octanol–water partition coefficient (Wildman–Crippen LogP) is 6.69. The van der Waals surface area contributed by atoms with E-state index in [0.29, 0.717) is 0 Å². The molecule has 0 fully saturated rings. The third kappa shape index (κ3) is 4.37. The van der Waals surface area contributed by atoms with Crippen molar-refractivity contribution in [3.05, 3.63) is 0 Å². The van der Waals surface area contributed by atoms with Crippen LogP contribution in [-0.2, 0) is 9.53 Å². The molecule has 0 aliphatic heterocycles. The fraction of sp³-hybridized carbons (Fsp3) is 0.909. The van der Waals surface area contributed by atoms with E-state index < -0.39 is 65.9 Å². The molecule has 0 radical (unpaired) electrons. The van der Waals surface area contributed by atoms with Crippen LogP contribution in [0.2, 0.25) is 0 Å². The minimum Gasteiger partial charge on any atom is -0.429 e. The number of carbonyl (C=O) groups excluding carboxylic acids is 1. The van der Waals surface area contributed by atoms with Gasteiger partial charge in [-0.25, -0.2) is 9.18 Å². The molecule has 0 aromatic carbocycles. The summed E-state index contributed by atoms with van der Waals surface area (Å²) in [6.45, 7) is 0. The van der Waals surface area contributed by atoms with Gasteiger partial charge in [0.15, 0.2) is 0 Å². The second-order valence-corrected chi connectivity index (χ2v) is 5.94. The number of carbonyl (C=O) groups is 1. The van der Waals surface area contributed by atoms with Crippen LogP contribution in [0.5, 0.6) is 0 Å². The summed E-state index contributed by atoms with van der Waals surface area (Å²) in [5.41, 5.74) is -17.5. The van der Waals surface area contributed by atoms with Gasteiger partial charge in [0.25, 0.3) is 0 Å². The first kappa shape index (κ1) is 32.9. The predicted molar refractivity (Wildman–Crippen MR) is 57.8 cm³/mol. The Bertz CT molecular complexity index is 759. The largest absolute Gasteiger partial charge is 0.460 e. The maximum atomic E-state index is 13.6. The van der Waals surface area contributed by atoms with Crippen LogP contribution in [-0.4, -0.2) is 65.9 Å². The summed E-state index contributed by atoms with van der Waals surface area (Å²) in [5, 5.41) is 0. The average Bonchev–Trinajstić information content (AvgIpc) is 2.52. The van der Waals surface area contributed by atoms with Gasteiger partial charge < -0.3 is 4.74 Å². The quantitative estimate of drug-likeness (QED) is 0.267. The number of alkyl halides is 22. The zero-order chi connectivity index (χ0) is 29.3. The Balaban J connectivity index is 7.55. The van der Waals surface area contributed by atoms with Crippen molar-refractivity contribution < 1.29 is 106 Å². The molecule has 0 aromatic heterocycles. The van der Waals surface area contributed by atoms with Gasteiger partial charge in [0.1, 0.15) is 0 Å². The summed E-state index contributed by atoms with van der Waals surface area (Å²) >= 11 is 0. The summed E-state index contributed by atoms with van der Waals surface area (Å²) in [4.78, 5) is 10.9. The fourth-order valence-corrected chi connectivity index (χ4v) is 1.96. The summed E-state index contributed by atoms with van der Waals surface area (Å²) in [6.07, 6.45) is -42.0. The van der Waals surface area contributed by atoms with Crippen LogP contribution in [0.1, 0.15) is 0 Å². The SMILES string of the molecule is O=C(OC(C(F)(F)F)(C(F)(F)F)C(F)(F)C(F)(F)C(F)(F)F)C(F)(F)C(F)(C(F)(F)F)C(F)(F)F. The van der Waals surface area contributed by atoms with Crippen molar-refractivity contribution in [2.45, 2.75) is 59.9 Å². The average molecular weight is 582 g/mol. The Morgan fingerprint density at radius 2 is 0.686 bits per heavy atom. The van der Waals surface area contributed by atoms with Gasteiger partial charge in [-0.05, 0) is 0 Å². The van der Waals surface area contributed by atoms with Gasteiger partial charge in [-0.1, -0.05) is 0 Å². The topological polar surface area (TPSA) is 26.3 Å². The smallest absolute Gasteiger partial charge is 0.429 e. The molecule has 0 spiro atoms. The normalized spacial score (nSPS) is 16.4. The molecule has 0 saturated heterocycles. The first-order valence-electron chi connectivity index (χ1n) is 7.02. The van der Waals surface area contributed by atoms with Crippen LogP contribution in [0.4, 0.5) is 96.6 Å². The molecule has 0 N–H and O–H groups in total. The third-order valence-electron chi connectivity index (χ3n) is 3.71. The standard InChI is InChI=1S/C11F22O2/c12-2(13,3(14,7(19,20)21)8(22,23)24)1(34)35-4(9(25,26)27,10(28,29)30)5(15,16)6(17,18)11(31,32)33. The Morgan fingerprint density at radius 3 is 0.886 bits per heavy atom. The molecule has 2 nitrogen and oxygen atoms in total. The van der Waals surface area contributed by atoms with Crippen molar-refractivity contribution >= 4 is 5.97 Å². The first-order valence-corrected chi connectivity index (χ1v) is 7.02. The number of ether oxygens (including phenoxy) is 1. The molecule has 0 atom stereocenters. The van der Waals surface area contributed by atoms with Gasteiger partial charge in [0.05, 0.1) is 0 Å². The van der Waals surface area contributed by atoms with Crippen molar-refractivity contribution in [3.8, 4) is 0 Å². The van der Waals surface area contributed by atoms with Gasteiger partial charge in [0, 0.05) is 0 Å². The van der Waals surface area contributed by atoms with Gasteiger partial charge in [0.2, 0.25) is 0 Å². The third-order valence-corrected chi connectivity index (χ3v) is 3.71. The second kappa shape index (κ2) is 7.96. The lowest BCUT2D eigenvalue weighted by molar-refractivity contribution is -0.476. The highest BCUT2D eigenvalue weighted by Gasteiger charge is 2.96. The highest BCUT2D eigenvalue weighted by Crippen LogP contribution is 2.63. The molecule has 0 rings (SSSR count). The van der Waals surface area contributed by atoms with E-state index in [-0.39, 0.29) is 0 Å². The van der Waals surface area contributed by atoms with E-state index in [4.69, 9.17) is 0 Å². The van der Waals surface area contributed by atoms with Gasteiger partial charge in [-0.2, -0.15) is 92.2 Å². The Hall–Kier alpha value is -2.07. The van der Waals surface area contributed by atoms with Crippen LogP contribution in [0.15, 0.2) is 0 Å². The minimum atomic E-state index is -9.07. The van der Waals surface area contributed by atoms with E-state index in [2.05, 4.69) is 0 Å². The molecular weight excluding hydrogens is 582 g/mol. The van der Waals surface area contributed by atoms with Crippen molar-refractivity contribution in [2.24, 2.45) is 0 Å². The van der Waals surface area contributed by atoms with E-state index >= 15 is 0 Å². The minimum absolute atomic E-state index is 1.21. The fourth-order valence-electron chi connectivity index (χ4n) is 1.96.